The second-order valence-corrected chi connectivity index (χ2v) is 9.83. The quantitative estimate of drug-likeness (QED) is 0.111. The highest BCUT2D eigenvalue weighted by molar-refractivity contribution is 5.81. The Bertz CT molecular complexity index is 717. The molecule has 0 bridgehead atoms. The predicted molar refractivity (Wildman–Crippen MR) is 125 cm³/mol. The number of hydrogen-bond acceptors (Lipinski definition) is 13. The molecule has 3 rings (SSSR count). The zero-order valence-electron chi connectivity index (χ0n) is 20.3. The Hall–Kier alpha value is -1.01. The maximum atomic E-state index is 11.3. The van der Waals surface area contributed by atoms with Crippen LogP contribution in [0.2, 0.25) is 0 Å². The van der Waals surface area contributed by atoms with Crippen LogP contribution >= 0.6 is 0 Å². The molecule has 14 nitrogen and oxygen atoms in total. The number of aliphatic imine (C=N–C) groups is 1. The Balaban J connectivity index is 1.81. The molecule has 2 saturated heterocycles. The summed E-state index contributed by atoms with van der Waals surface area (Å²) in [5.74, 6) is -0.0630. The predicted octanol–water partition coefficient (Wildman–Crippen LogP) is -4.59. The van der Waals surface area contributed by atoms with Gasteiger partial charge in [-0.25, -0.2) is 0 Å². The Kier molecular flexibility index (Phi) is 9.81. The molecule has 0 aromatic carbocycles. The summed E-state index contributed by atoms with van der Waals surface area (Å²) in [5.41, 5.74) is 22.7. The lowest BCUT2D eigenvalue weighted by Gasteiger charge is -2.48. The minimum Gasteiger partial charge on any atom is -0.388 e. The molecule has 6 unspecified atom stereocenters. The lowest BCUT2D eigenvalue weighted by atomic mass is 9.83. The van der Waals surface area contributed by atoms with E-state index in [-0.39, 0.29) is 25.0 Å². The van der Waals surface area contributed by atoms with E-state index in [1.165, 1.54) is 6.92 Å². The van der Waals surface area contributed by atoms with Gasteiger partial charge < -0.3 is 67.6 Å². The van der Waals surface area contributed by atoms with Crippen LogP contribution < -0.4 is 28.3 Å². The molecule has 12 atom stereocenters. The van der Waals surface area contributed by atoms with Crippen molar-refractivity contribution in [1.29, 1.82) is 0 Å². The van der Waals surface area contributed by atoms with Gasteiger partial charge in [-0.05, 0) is 33.2 Å². The third-order valence-electron chi connectivity index (χ3n) is 6.97. The highest BCUT2D eigenvalue weighted by Crippen LogP contribution is 2.33. The first-order valence-corrected chi connectivity index (χ1v) is 12.0. The fourth-order valence-electron chi connectivity index (χ4n) is 5.00. The summed E-state index contributed by atoms with van der Waals surface area (Å²) >= 11 is 0. The van der Waals surface area contributed by atoms with E-state index in [2.05, 4.69) is 10.3 Å². The Morgan fingerprint density at radius 3 is 2.43 bits per heavy atom. The van der Waals surface area contributed by atoms with Crippen molar-refractivity contribution in [3.63, 3.8) is 0 Å². The van der Waals surface area contributed by atoms with Crippen molar-refractivity contribution in [2.75, 3.05) is 26.8 Å². The molecule has 0 aromatic rings. The molecule has 3 aliphatic rings. The molecule has 0 spiro atoms. The highest BCUT2D eigenvalue weighted by atomic mass is 16.7. The summed E-state index contributed by atoms with van der Waals surface area (Å²) in [7, 11) is 1.60. The summed E-state index contributed by atoms with van der Waals surface area (Å²) in [5, 5.41) is 44.9. The molecule has 1 aliphatic carbocycles. The summed E-state index contributed by atoms with van der Waals surface area (Å²) in [6.07, 6.45) is -5.35. The van der Waals surface area contributed by atoms with Crippen molar-refractivity contribution < 1.29 is 39.4 Å². The second-order valence-electron chi connectivity index (χ2n) is 9.83. The summed E-state index contributed by atoms with van der Waals surface area (Å²) in [6, 6.07) is -2.65. The number of hydrogen-bond donors (Lipinski definition) is 9. The molecule has 13 N–H and O–H groups in total. The van der Waals surface area contributed by atoms with Crippen LogP contribution in [0.1, 0.15) is 26.2 Å². The van der Waals surface area contributed by atoms with Crippen molar-refractivity contribution in [2.45, 2.75) is 99.1 Å². The van der Waals surface area contributed by atoms with Crippen molar-refractivity contribution in [3.05, 3.63) is 0 Å². The lowest BCUT2D eigenvalue weighted by molar-refractivity contribution is -0.306. The van der Waals surface area contributed by atoms with Crippen LogP contribution in [-0.2, 0) is 18.9 Å². The Morgan fingerprint density at radius 1 is 1.11 bits per heavy atom. The third kappa shape index (κ3) is 6.47. The number of likely N-dealkylation sites (N-methyl/N-ethyl adjacent to an activating group) is 1. The molecule has 0 radical (unpaired) electrons. The van der Waals surface area contributed by atoms with Gasteiger partial charge in [0.2, 0.25) is 0 Å². The van der Waals surface area contributed by atoms with E-state index in [9.17, 15) is 20.4 Å². The van der Waals surface area contributed by atoms with E-state index in [1.807, 2.05) is 0 Å². The number of aliphatic hydroxyl groups is 4. The molecule has 1 saturated carbocycles. The smallest absolute Gasteiger partial charge is 0.185 e. The van der Waals surface area contributed by atoms with Crippen molar-refractivity contribution in [2.24, 2.45) is 27.9 Å². The van der Waals surface area contributed by atoms with Crippen molar-refractivity contribution in [1.82, 2.24) is 5.32 Å². The van der Waals surface area contributed by atoms with Gasteiger partial charge in [-0.1, -0.05) is 0 Å². The summed E-state index contributed by atoms with van der Waals surface area (Å²) < 4.78 is 23.5. The first kappa shape index (κ1) is 28.6. The number of nitrogens with one attached hydrogen (secondary N) is 1. The third-order valence-corrected chi connectivity index (χ3v) is 6.97. The number of amidine groups is 1. The number of nitrogens with two attached hydrogens (primary N) is 4. The highest BCUT2D eigenvalue weighted by Gasteiger charge is 2.51. The van der Waals surface area contributed by atoms with E-state index in [4.69, 9.17) is 41.9 Å². The van der Waals surface area contributed by atoms with Gasteiger partial charge >= 0.3 is 0 Å². The van der Waals surface area contributed by atoms with Gasteiger partial charge in [-0.15, -0.1) is 0 Å². The van der Waals surface area contributed by atoms with E-state index in [0.717, 1.165) is 0 Å². The van der Waals surface area contributed by atoms with Crippen LogP contribution in [0.25, 0.3) is 0 Å². The van der Waals surface area contributed by atoms with Crippen LogP contribution in [0, 0.1) is 0 Å². The van der Waals surface area contributed by atoms with Gasteiger partial charge in [0, 0.05) is 12.6 Å². The standard InChI is InChI=1S/C21H42N6O8/c1-21(31)8-32-20(15(30)18(21)26-2)35-17-12(27-13(25)7-28)5-11(24)16(14(17)29)34-19-10(23)4-3-9(6-22)33-19/h9-12,14-20,26,28-31H,3-8,22-24H2,1-2H3,(H2,25,27)/t9-,10?,11-,12+,14?,15?,16?,17?,18+,19+,20+,21?/m0/s1. The topological polar surface area (TPSA) is 246 Å². The van der Waals surface area contributed by atoms with E-state index in [0.29, 0.717) is 19.4 Å². The van der Waals surface area contributed by atoms with E-state index < -0.39 is 73.4 Å². The van der Waals surface area contributed by atoms with Crippen LogP contribution in [0.15, 0.2) is 4.99 Å². The Morgan fingerprint density at radius 2 is 1.80 bits per heavy atom. The second kappa shape index (κ2) is 12.0. The zero-order chi connectivity index (χ0) is 25.9. The van der Waals surface area contributed by atoms with Gasteiger partial charge in [0.1, 0.15) is 42.5 Å². The van der Waals surface area contributed by atoms with Gasteiger partial charge in [0.25, 0.3) is 0 Å². The van der Waals surface area contributed by atoms with E-state index >= 15 is 0 Å². The SMILES string of the molecule is CN[C@@H]1C(O)[C@@H](OC2C(O)C(O[C@H]3O[C@H](CN)CCC3N)[C@@H](N)C[C@H]2N=C(N)CO)OCC1(C)O. The van der Waals surface area contributed by atoms with Gasteiger partial charge in [-0.3, -0.25) is 4.99 Å². The summed E-state index contributed by atoms with van der Waals surface area (Å²) in [6.45, 7) is 1.22. The van der Waals surface area contributed by atoms with Gasteiger partial charge in [-0.2, -0.15) is 0 Å². The molecular weight excluding hydrogens is 464 g/mol. The van der Waals surface area contributed by atoms with Crippen LogP contribution in [0.5, 0.6) is 0 Å². The van der Waals surface area contributed by atoms with Crippen molar-refractivity contribution in [3.8, 4) is 0 Å². The minimum atomic E-state index is -1.35. The normalized spacial score (nSPS) is 47.6. The maximum Gasteiger partial charge on any atom is 0.185 e. The number of rotatable bonds is 8. The number of aliphatic hydroxyl groups excluding tert-OH is 3. The molecule has 2 heterocycles. The largest absolute Gasteiger partial charge is 0.388 e. The fraction of sp³-hybridized carbons (Fsp3) is 0.952. The van der Waals surface area contributed by atoms with E-state index in [1.54, 1.807) is 7.05 Å². The molecule has 2 aliphatic heterocycles. The van der Waals surface area contributed by atoms with Crippen LogP contribution in [-0.4, -0.2) is 126 Å². The first-order chi connectivity index (χ1) is 16.5. The minimum absolute atomic E-state index is 0.0630. The monoisotopic (exact) mass is 506 g/mol. The Labute approximate surface area is 204 Å². The fourth-order valence-corrected chi connectivity index (χ4v) is 5.00. The zero-order valence-corrected chi connectivity index (χ0v) is 20.3. The first-order valence-electron chi connectivity index (χ1n) is 12.0. The summed E-state index contributed by atoms with van der Waals surface area (Å²) in [4.78, 5) is 4.27. The van der Waals surface area contributed by atoms with Crippen LogP contribution in [0.4, 0.5) is 0 Å². The molecular formula is C21H42N6O8. The van der Waals surface area contributed by atoms with Crippen molar-refractivity contribution >= 4 is 5.84 Å². The van der Waals surface area contributed by atoms with Gasteiger partial charge in [0.05, 0.1) is 30.8 Å². The lowest BCUT2D eigenvalue weighted by Crippen LogP contribution is -2.67. The molecule has 204 valence electrons. The maximum absolute atomic E-state index is 11.3. The molecule has 14 heteroatoms. The molecule has 3 fully saturated rings. The average Bonchev–Trinajstić information content (AvgIpc) is 2.81. The molecule has 0 amide bonds. The molecule has 35 heavy (non-hydrogen) atoms. The number of ether oxygens (including phenoxy) is 4. The number of nitrogens with zero attached hydrogens (tertiary/aromatic N) is 1. The average molecular weight is 507 g/mol. The molecule has 0 aromatic heterocycles. The van der Waals surface area contributed by atoms with Crippen LogP contribution in [0.3, 0.4) is 0 Å². The van der Waals surface area contributed by atoms with Gasteiger partial charge in [0.15, 0.2) is 12.6 Å².